The summed E-state index contributed by atoms with van der Waals surface area (Å²) in [5.74, 6) is 0.751. The molecule has 1 heterocycles. The summed E-state index contributed by atoms with van der Waals surface area (Å²) in [5, 5.41) is 0. The first-order chi connectivity index (χ1) is 5.38. The van der Waals surface area contributed by atoms with E-state index in [0.29, 0.717) is 0 Å². The third kappa shape index (κ3) is 1.17. The average Bonchev–Trinajstić information content (AvgIpc) is 2.55. The van der Waals surface area contributed by atoms with Crippen molar-refractivity contribution in [1.82, 2.24) is 9.97 Å². The van der Waals surface area contributed by atoms with Crippen LogP contribution in [-0.4, -0.2) is 9.97 Å². The van der Waals surface area contributed by atoms with Crippen LogP contribution in [0.5, 0.6) is 0 Å². The lowest BCUT2D eigenvalue weighted by Crippen LogP contribution is -1.94. The maximum atomic E-state index is 4.34. The van der Waals surface area contributed by atoms with Gasteiger partial charge in [0.2, 0.25) is 0 Å². The van der Waals surface area contributed by atoms with Crippen molar-refractivity contribution in [2.45, 2.75) is 38.5 Å². The lowest BCUT2D eigenvalue weighted by Gasteiger charge is -2.05. The number of aryl methyl sites for hydroxylation is 1. The predicted octanol–water partition coefficient (Wildman–Crippen LogP) is 2.38. The first kappa shape index (κ1) is 6.89. The molecule has 1 aliphatic rings. The predicted molar refractivity (Wildman–Crippen MR) is 44.5 cm³/mol. The highest BCUT2D eigenvalue weighted by atomic mass is 14.9. The number of hydrogen-bond donors (Lipinski definition) is 1. The standard InChI is InChI=1S/C9H14N2/c1-7-9(11-6-10-7)8-4-2-3-5-8/h6,8H,2-5H2,1H3,(H,10,11). The Kier molecular flexibility index (Phi) is 1.68. The first-order valence-corrected chi connectivity index (χ1v) is 4.38. The van der Waals surface area contributed by atoms with E-state index >= 15 is 0 Å². The minimum atomic E-state index is 0.751. The Morgan fingerprint density at radius 1 is 1.45 bits per heavy atom. The van der Waals surface area contributed by atoms with Crippen LogP contribution in [0.25, 0.3) is 0 Å². The van der Waals surface area contributed by atoms with E-state index in [2.05, 4.69) is 16.9 Å². The van der Waals surface area contributed by atoms with Gasteiger partial charge in [-0.3, -0.25) is 0 Å². The summed E-state index contributed by atoms with van der Waals surface area (Å²) in [6, 6.07) is 0. The summed E-state index contributed by atoms with van der Waals surface area (Å²) in [6.07, 6.45) is 7.26. The van der Waals surface area contributed by atoms with Crippen molar-refractivity contribution in [2.24, 2.45) is 0 Å². The number of nitrogens with zero attached hydrogens (tertiary/aromatic N) is 1. The van der Waals surface area contributed by atoms with Crippen LogP contribution in [0, 0.1) is 6.92 Å². The van der Waals surface area contributed by atoms with Gasteiger partial charge < -0.3 is 4.98 Å². The van der Waals surface area contributed by atoms with Gasteiger partial charge in [-0.1, -0.05) is 12.8 Å². The normalized spacial score (nSPS) is 19.4. The van der Waals surface area contributed by atoms with Gasteiger partial charge in [0.25, 0.3) is 0 Å². The number of rotatable bonds is 1. The third-order valence-electron chi connectivity index (χ3n) is 2.61. The highest BCUT2D eigenvalue weighted by Gasteiger charge is 2.20. The van der Waals surface area contributed by atoms with Crippen molar-refractivity contribution in [3.8, 4) is 0 Å². The summed E-state index contributed by atoms with van der Waals surface area (Å²) in [6.45, 7) is 2.11. The molecule has 60 valence electrons. The van der Waals surface area contributed by atoms with Crippen LogP contribution in [-0.2, 0) is 0 Å². The molecular weight excluding hydrogens is 136 g/mol. The van der Waals surface area contributed by atoms with Gasteiger partial charge >= 0.3 is 0 Å². The molecule has 1 N–H and O–H groups in total. The molecule has 2 heteroatoms. The number of H-pyrrole nitrogens is 1. The molecule has 11 heavy (non-hydrogen) atoms. The number of imidazole rings is 1. The Morgan fingerprint density at radius 2 is 2.18 bits per heavy atom. The second kappa shape index (κ2) is 2.68. The largest absolute Gasteiger partial charge is 0.348 e. The van der Waals surface area contributed by atoms with Crippen molar-refractivity contribution < 1.29 is 0 Å². The zero-order valence-electron chi connectivity index (χ0n) is 6.93. The molecule has 1 aromatic rings. The monoisotopic (exact) mass is 150 g/mol. The summed E-state index contributed by atoms with van der Waals surface area (Å²) in [4.78, 5) is 7.48. The van der Waals surface area contributed by atoms with Gasteiger partial charge in [0.15, 0.2) is 0 Å². The lowest BCUT2D eigenvalue weighted by molar-refractivity contribution is 0.696. The second-order valence-electron chi connectivity index (χ2n) is 3.39. The molecule has 2 nitrogen and oxygen atoms in total. The smallest absolute Gasteiger partial charge is 0.0925 e. The van der Waals surface area contributed by atoms with Crippen molar-refractivity contribution in [2.75, 3.05) is 0 Å². The Morgan fingerprint density at radius 3 is 2.73 bits per heavy atom. The highest BCUT2D eigenvalue weighted by Crippen LogP contribution is 2.33. The second-order valence-corrected chi connectivity index (χ2v) is 3.39. The SMILES string of the molecule is Cc1[nH]cnc1C1CCCC1. The molecule has 0 radical (unpaired) electrons. The van der Waals surface area contributed by atoms with Gasteiger partial charge in [0.1, 0.15) is 0 Å². The fourth-order valence-corrected chi connectivity index (χ4v) is 1.98. The van der Waals surface area contributed by atoms with Crippen LogP contribution in [0.3, 0.4) is 0 Å². The maximum absolute atomic E-state index is 4.34. The molecule has 0 aliphatic heterocycles. The highest BCUT2D eigenvalue weighted by molar-refractivity contribution is 5.15. The van der Waals surface area contributed by atoms with E-state index in [1.807, 2.05) is 6.33 Å². The van der Waals surface area contributed by atoms with E-state index < -0.39 is 0 Å². The zero-order chi connectivity index (χ0) is 7.68. The molecule has 1 fully saturated rings. The van der Waals surface area contributed by atoms with Crippen molar-refractivity contribution >= 4 is 0 Å². The Balaban J connectivity index is 2.21. The number of hydrogen-bond acceptors (Lipinski definition) is 1. The van der Waals surface area contributed by atoms with Crippen molar-refractivity contribution in [1.29, 1.82) is 0 Å². The van der Waals surface area contributed by atoms with Crippen LogP contribution >= 0.6 is 0 Å². The molecule has 1 aromatic heterocycles. The van der Waals surface area contributed by atoms with E-state index in [-0.39, 0.29) is 0 Å². The molecule has 0 spiro atoms. The van der Waals surface area contributed by atoms with Crippen LogP contribution in [0.1, 0.15) is 43.0 Å². The topological polar surface area (TPSA) is 28.7 Å². The van der Waals surface area contributed by atoms with Gasteiger partial charge in [-0.2, -0.15) is 0 Å². The molecule has 0 unspecified atom stereocenters. The summed E-state index contributed by atoms with van der Waals surface area (Å²) in [7, 11) is 0. The molecule has 0 bridgehead atoms. The molecule has 1 saturated carbocycles. The minimum Gasteiger partial charge on any atom is -0.348 e. The van der Waals surface area contributed by atoms with Crippen molar-refractivity contribution in [3.05, 3.63) is 17.7 Å². The van der Waals surface area contributed by atoms with Crippen LogP contribution in [0.15, 0.2) is 6.33 Å². The summed E-state index contributed by atoms with van der Waals surface area (Å²) >= 11 is 0. The van der Waals surface area contributed by atoms with Gasteiger partial charge in [-0.15, -0.1) is 0 Å². The minimum absolute atomic E-state index is 0.751. The molecule has 0 saturated heterocycles. The summed E-state index contributed by atoms with van der Waals surface area (Å²) < 4.78 is 0. The Labute approximate surface area is 67.0 Å². The van der Waals surface area contributed by atoms with Crippen LogP contribution in [0.2, 0.25) is 0 Å². The fourth-order valence-electron chi connectivity index (χ4n) is 1.98. The van der Waals surface area contributed by atoms with E-state index in [1.165, 1.54) is 37.1 Å². The molecule has 2 rings (SSSR count). The van der Waals surface area contributed by atoms with E-state index in [9.17, 15) is 0 Å². The molecule has 0 atom stereocenters. The number of nitrogens with one attached hydrogen (secondary N) is 1. The number of aromatic nitrogens is 2. The van der Waals surface area contributed by atoms with Gasteiger partial charge in [0, 0.05) is 11.6 Å². The molecule has 0 aromatic carbocycles. The Hall–Kier alpha value is -0.790. The lowest BCUT2D eigenvalue weighted by atomic mass is 10.0. The van der Waals surface area contributed by atoms with Gasteiger partial charge in [-0.05, 0) is 19.8 Å². The van der Waals surface area contributed by atoms with E-state index in [1.54, 1.807) is 0 Å². The third-order valence-corrected chi connectivity index (χ3v) is 2.61. The summed E-state index contributed by atoms with van der Waals surface area (Å²) in [5.41, 5.74) is 2.57. The van der Waals surface area contributed by atoms with E-state index in [0.717, 1.165) is 5.92 Å². The van der Waals surface area contributed by atoms with Gasteiger partial charge in [0.05, 0.1) is 12.0 Å². The van der Waals surface area contributed by atoms with Gasteiger partial charge in [-0.25, -0.2) is 4.98 Å². The zero-order valence-corrected chi connectivity index (χ0v) is 6.93. The maximum Gasteiger partial charge on any atom is 0.0925 e. The first-order valence-electron chi connectivity index (χ1n) is 4.38. The van der Waals surface area contributed by atoms with E-state index in [4.69, 9.17) is 0 Å². The molecular formula is C9H14N2. The van der Waals surface area contributed by atoms with Crippen LogP contribution < -0.4 is 0 Å². The quantitative estimate of drug-likeness (QED) is 0.654. The van der Waals surface area contributed by atoms with Crippen LogP contribution in [0.4, 0.5) is 0 Å². The fraction of sp³-hybridized carbons (Fsp3) is 0.667. The molecule has 1 aliphatic carbocycles. The average molecular weight is 150 g/mol. The number of aromatic amines is 1. The van der Waals surface area contributed by atoms with Crippen molar-refractivity contribution in [3.63, 3.8) is 0 Å². The molecule has 0 amide bonds. The Bertz CT molecular complexity index is 233.